The number of benzene rings is 3. The van der Waals surface area contributed by atoms with Crippen molar-refractivity contribution in [1.82, 2.24) is 9.97 Å². The fourth-order valence-corrected chi connectivity index (χ4v) is 5.17. The first-order valence-electron chi connectivity index (χ1n) is 11.3. The van der Waals surface area contributed by atoms with Crippen LogP contribution in [0.5, 0.6) is 0 Å². The maximum Gasteiger partial charge on any atom is 0.263 e. The van der Waals surface area contributed by atoms with Crippen LogP contribution >= 0.6 is 0 Å². The van der Waals surface area contributed by atoms with Gasteiger partial charge in [0.1, 0.15) is 0 Å². The van der Waals surface area contributed by atoms with Crippen LogP contribution in [-0.4, -0.2) is 44.6 Å². The Kier molecular flexibility index (Phi) is 5.83. The van der Waals surface area contributed by atoms with E-state index in [1.807, 2.05) is 50.2 Å². The lowest BCUT2D eigenvalue weighted by Crippen LogP contribution is -2.47. The monoisotopic (exact) mass is 473 g/mol. The van der Waals surface area contributed by atoms with E-state index in [1.165, 1.54) is 5.69 Å². The number of fused-ring (bicyclic) bond motifs is 1. The first-order valence-corrected chi connectivity index (χ1v) is 12.8. The molecule has 34 heavy (non-hydrogen) atoms. The summed E-state index contributed by atoms with van der Waals surface area (Å²) in [7, 11) is -3.81. The summed E-state index contributed by atoms with van der Waals surface area (Å²) in [5.41, 5.74) is 4.66. The van der Waals surface area contributed by atoms with Gasteiger partial charge in [0.05, 0.1) is 15.9 Å². The van der Waals surface area contributed by atoms with Crippen molar-refractivity contribution in [2.24, 2.45) is 0 Å². The summed E-state index contributed by atoms with van der Waals surface area (Å²) >= 11 is 0. The number of nitrogens with one attached hydrogen (secondary N) is 1. The average Bonchev–Trinajstić information content (AvgIpc) is 2.84. The summed E-state index contributed by atoms with van der Waals surface area (Å²) in [5, 5.41) is 0. The molecule has 1 saturated heterocycles. The number of nitrogens with zero attached hydrogens (tertiary/aromatic N) is 4. The molecular formula is C26H27N5O2S. The van der Waals surface area contributed by atoms with Crippen molar-refractivity contribution < 1.29 is 8.42 Å². The van der Waals surface area contributed by atoms with Crippen LogP contribution in [0.1, 0.15) is 11.1 Å². The second kappa shape index (κ2) is 8.95. The molecule has 5 rings (SSSR count). The maximum absolute atomic E-state index is 13.2. The molecule has 1 fully saturated rings. The number of anilines is 3. The van der Waals surface area contributed by atoms with E-state index in [2.05, 4.69) is 31.6 Å². The summed E-state index contributed by atoms with van der Waals surface area (Å²) in [6.07, 6.45) is 0. The number of aromatic nitrogens is 2. The van der Waals surface area contributed by atoms with Crippen molar-refractivity contribution in [3.05, 3.63) is 83.9 Å². The highest BCUT2D eigenvalue weighted by atomic mass is 32.2. The van der Waals surface area contributed by atoms with Gasteiger partial charge in [-0.1, -0.05) is 42.0 Å². The zero-order chi connectivity index (χ0) is 23.7. The zero-order valence-electron chi connectivity index (χ0n) is 19.3. The number of hydrogen-bond donors (Lipinski definition) is 1. The quantitative estimate of drug-likeness (QED) is 0.464. The fraction of sp³-hybridized carbons (Fsp3) is 0.231. The van der Waals surface area contributed by atoms with E-state index in [4.69, 9.17) is 4.98 Å². The number of piperazine rings is 1. The second-order valence-electron chi connectivity index (χ2n) is 8.62. The first kappa shape index (κ1) is 22.2. The zero-order valence-corrected chi connectivity index (χ0v) is 20.1. The SMILES string of the molecule is Cc1ccc(S(=O)(=O)Nc2nc3ccc(C)cc3nc2N2CCN(c3ccccc3)CC2)cc1. The molecular weight excluding hydrogens is 446 g/mol. The van der Waals surface area contributed by atoms with Crippen molar-refractivity contribution in [3.63, 3.8) is 0 Å². The topological polar surface area (TPSA) is 78.4 Å². The van der Waals surface area contributed by atoms with Crippen LogP contribution in [0, 0.1) is 13.8 Å². The largest absolute Gasteiger partial charge is 0.368 e. The Morgan fingerprint density at radius 1 is 0.735 bits per heavy atom. The van der Waals surface area contributed by atoms with Crippen LogP contribution in [0.2, 0.25) is 0 Å². The summed E-state index contributed by atoms with van der Waals surface area (Å²) in [6, 6.07) is 22.9. The number of aryl methyl sites for hydroxylation is 2. The average molecular weight is 474 g/mol. The van der Waals surface area contributed by atoms with Crippen LogP contribution in [0.3, 0.4) is 0 Å². The van der Waals surface area contributed by atoms with Gasteiger partial charge in [0.15, 0.2) is 11.6 Å². The third-order valence-corrected chi connectivity index (χ3v) is 7.42. The van der Waals surface area contributed by atoms with E-state index >= 15 is 0 Å². The normalized spacial score (nSPS) is 14.4. The molecule has 1 aromatic heterocycles. The van der Waals surface area contributed by atoms with Crippen LogP contribution in [0.15, 0.2) is 77.7 Å². The Labute approximate surface area is 200 Å². The molecule has 1 N–H and O–H groups in total. The molecule has 0 amide bonds. The van der Waals surface area contributed by atoms with Gasteiger partial charge in [0.2, 0.25) is 0 Å². The lowest BCUT2D eigenvalue weighted by molar-refractivity contribution is 0.601. The third kappa shape index (κ3) is 4.54. The molecule has 0 aliphatic carbocycles. The van der Waals surface area contributed by atoms with Crippen LogP contribution in [0.4, 0.5) is 17.3 Å². The molecule has 2 heterocycles. The molecule has 0 spiro atoms. The molecule has 8 heteroatoms. The van der Waals surface area contributed by atoms with Gasteiger partial charge in [0, 0.05) is 31.9 Å². The van der Waals surface area contributed by atoms with Gasteiger partial charge in [-0.25, -0.2) is 18.4 Å². The van der Waals surface area contributed by atoms with Crippen LogP contribution in [0.25, 0.3) is 11.0 Å². The molecule has 0 radical (unpaired) electrons. The number of sulfonamides is 1. The van der Waals surface area contributed by atoms with Gasteiger partial charge < -0.3 is 9.80 Å². The molecule has 1 aliphatic rings. The molecule has 174 valence electrons. The summed E-state index contributed by atoms with van der Waals surface area (Å²) in [4.78, 5) is 14.2. The minimum absolute atomic E-state index is 0.198. The van der Waals surface area contributed by atoms with Gasteiger partial charge >= 0.3 is 0 Å². The third-order valence-electron chi connectivity index (χ3n) is 6.06. The van der Waals surface area contributed by atoms with Crippen LogP contribution in [-0.2, 0) is 10.0 Å². The Morgan fingerprint density at radius 2 is 1.38 bits per heavy atom. The van der Waals surface area contributed by atoms with Crippen molar-refractivity contribution in [3.8, 4) is 0 Å². The van der Waals surface area contributed by atoms with E-state index in [-0.39, 0.29) is 10.7 Å². The Balaban J connectivity index is 1.49. The highest BCUT2D eigenvalue weighted by Gasteiger charge is 2.25. The smallest absolute Gasteiger partial charge is 0.263 e. The van der Waals surface area contributed by atoms with Crippen LogP contribution < -0.4 is 14.5 Å². The molecule has 0 unspecified atom stereocenters. The Bertz CT molecular complexity index is 1420. The van der Waals surface area contributed by atoms with E-state index in [0.717, 1.165) is 29.7 Å². The molecule has 4 aromatic rings. The van der Waals surface area contributed by atoms with Crippen molar-refractivity contribution in [2.45, 2.75) is 18.7 Å². The lowest BCUT2D eigenvalue weighted by Gasteiger charge is -2.37. The van der Waals surface area contributed by atoms with Gasteiger partial charge in [-0.2, -0.15) is 0 Å². The second-order valence-corrected chi connectivity index (χ2v) is 10.3. The highest BCUT2D eigenvalue weighted by Crippen LogP contribution is 2.29. The van der Waals surface area contributed by atoms with E-state index in [1.54, 1.807) is 24.3 Å². The van der Waals surface area contributed by atoms with E-state index in [0.29, 0.717) is 24.4 Å². The summed E-state index contributed by atoms with van der Waals surface area (Å²) in [6.45, 7) is 6.96. The van der Waals surface area contributed by atoms with Crippen molar-refractivity contribution >= 4 is 38.4 Å². The predicted octanol–water partition coefficient (Wildman–Crippen LogP) is 4.37. The molecule has 0 atom stereocenters. The number of rotatable bonds is 5. The summed E-state index contributed by atoms with van der Waals surface area (Å²) in [5.74, 6) is 0.812. The molecule has 1 aliphatic heterocycles. The number of hydrogen-bond acceptors (Lipinski definition) is 6. The number of para-hydroxylation sites is 1. The molecule has 3 aromatic carbocycles. The van der Waals surface area contributed by atoms with Gasteiger partial charge in [0.25, 0.3) is 10.0 Å². The molecule has 7 nitrogen and oxygen atoms in total. The standard InChI is InChI=1S/C26H27N5O2S/c1-19-8-11-22(12-9-19)34(32,33)29-25-26(28-24-18-20(2)10-13-23(24)27-25)31-16-14-30(15-17-31)21-6-4-3-5-7-21/h3-13,18H,14-17H2,1-2H3,(H,27,29). The molecule has 0 bridgehead atoms. The minimum Gasteiger partial charge on any atom is -0.368 e. The highest BCUT2D eigenvalue weighted by molar-refractivity contribution is 7.92. The maximum atomic E-state index is 13.2. The van der Waals surface area contributed by atoms with Crippen molar-refractivity contribution in [1.29, 1.82) is 0 Å². The minimum atomic E-state index is -3.81. The van der Waals surface area contributed by atoms with Gasteiger partial charge in [-0.15, -0.1) is 0 Å². The van der Waals surface area contributed by atoms with Gasteiger partial charge in [-0.05, 0) is 55.8 Å². The Hall–Kier alpha value is -3.65. The van der Waals surface area contributed by atoms with E-state index < -0.39 is 10.0 Å². The van der Waals surface area contributed by atoms with Gasteiger partial charge in [-0.3, -0.25) is 4.72 Å². The predicted molar refractivity (Wildman–Crippen MR) is 137 cm³/mol. The molecule has 0 saturated carbocycles. The lowest BCUT2D eigenvalue weighted by atomic mass is 10.2. The Morgan fingerprint density at radius 3 is 2.09 bits per heavy atom. The van der Waals surface area contributed by atoms with E-state index in [9.17, 15) is 8.42 Å². The van der Waals surface area contributed by atoms with Crippen molar-refractivity contribution in [2.75, 3.05) is 40.7 Å². The summed E-state index contributed by atoms with van der Waals surface area (Å²) < 4.78 is 29.1. The first-order chi connectivity index (χ1) is 16.4. The fourth-order valence-electron chi connectivity index (χ4n) is 4.16.